The molecule has 3 nitrogen and oxygen atoms in total. The highest BCUT2D eigenvalue weighted by Crippen LogP contribution is 2.05. The zero-order valence-electron chi connectivity index (χ0n) is 9.74. The molecule has 1 aromatic rings. The molecule has 0 aliphatic heterocycles. The average molecular weight is 257 g/mol. The molecule has 0 unspecified atom stereocenters. The third-order valence-corrected chi connectivity index (χ3v) is 3.34. The number of rotatable bonds is 6. The van der Waals surface area contributed by atoms with Gasteiger partial charge in [-0.3, -0.25) is 9.00 Å². The Morgan fingerprint density at radius 1 is 1.35 bits per heavy atom. The van der Waals surface area contributed by atoms with Gasteiger partial charge in [-0.15, -0.1) is 0 Å². The quantitative estimate of drug-likeness (QED) is 0.841. The fourth-order valence-electron chi connectivity index (χ4n) is 1.28. The normalized spacial score (nSPS) is 12.1. The SMILES string of the molecule is CCCNC(=O)C[S@@](=O)Cc1ccc(F)cc1. The first-order valence-corrected chi connectivity index (χ1v) is 6.96. The summed E-state index contributed by atoms with van der Waals surface area (Å²) in [5.41, 5.74) is 0.771. The summed E-state index contributed by atoms with van der Waals surface area (Å²) in [5, 5.41) is 2.67. The molecule has 17 heavy (non-hydrogen) atoms. The molecule has 0 bridgehead atoms. The number of carbonyl (C=O) groups is 1. The largest absolute Gasteiger partial charge is 0.355 e. The lowest BCUT2D eigenvalue weighted by Gasteiger charge is -2.04. The van der Waals surface area contributed by atoms with E-state index in [1.165, 1.54) is 12.1 Å². The monoisotopic (exact) mass is 257 g/mol. The van der Waals surface area contributed by atoms with Crippen molar-refractivity contribution in [3.8, 4) is 0 Å². The van der Waals surface area contributed by atoms with Crippen LogP contribution >= 0.6 is 0 Å². The maximum Gasteiger partial charge on any atom is 0.232 e. The number of benzene rings is 1. The number of carbonyl (C=O) groups excluding carboxylic acids is 1. The van der Waals surface area contributed by atoms with E-state index in [9.17, 15) is 13.4 Å². The molecule has 0 spiro atoms. The van der Waals surface area contributed by atoms with E-state index in [0.717, 1.165) is 12.0 Å². The van der Waals surface area contributed by atoms with E-state index in [-0.39, 0.29) is 23.2 Å². The van der Waals surface area contributed by atoms with E-state index in [2.05, 4.69) is 5.32 Å². The Labute approximate surface area is 103 Å². The van der Waals surface area contributed by atoms with Gasteiger partial charge in [0.2, 0.25) is 5.91 Å². The van der Waals surface area contributed by atoms with Gasteiger partial charge >= 0.3 is 0 Å². The molecule has 94 valence electrons. The predicted octanol–water partition coefficient (Wildman–Crippen LogP) is 1.60. The summed E-state index contributed by atoms with van der Waals surface area (Å²) in [6, 6.07) is 5.81. The van der Waals surface area contributed by atoms with Crippen LogP contribution in [0.1, 0.15) is 18.9 Å². The van der Waals surface area contributed by atoms with Crippen LogP contribution in [0.25, 0.3) is 0 Å². The number of hydrogen-bond donors (Lipinski definition) is 1. The van der Waals surface area contributed by atoms with E-state index in [4.69, 9.17) is 0 Å². The Hall–Kier alpha value is -1.23. The first-order chi connectivity index (χ1) is 8.11. The Bertz CT molecular complexity index is 392. The van der Waals surface area contributed by atoms with E-state index in [1.807, 2.05) is 6.92 Å². The number of halogens is 1. The van der Waals surface area contributed by atoms with Crippen molar-refractivity contribution < 1.29 is 13.4 Å². The smallest absolute Gasteiger partial charge is 0.232 e. The molecule has 0 saturated carbocycles. The summed E-state index contributed by atoms with van der Waals surface area (Å²) in [6.07, 6.45) is 0.857. The van der Waals surface area contributed by atoms with Crippen molar-refractivity contribution in [3.05, 3.63) is 35.6 Å². The third-order valence-electron chi connectivity index (χ3n) is 2.11. The summed E-state index contributed by atoms with van der Waals surface area (Å²) < 4.78 is 24.3. The second-order valence-electron chi connectivity index (χ2n) is 3.70. The minimum absolute atomic E-state index is 0.00260. The van der Waals surface area contributed by atoms with Gasteiger partial charge in [0, 0.05) is 23.1 Å². The van der Waals surface area contributed by atoms with Crippen LogP contribution in [0.5, 0.6) is 0 Å². The molecule has 1 rings (SSSR count). The molecule has 1 atom stereocenters. The fourth-order valence-corrected chi connectivity index (χ4v) is 2.34. The van der Waals surface area contributed by atoms with Gasteiger partial charge in [-0.25, -0.2) is 4.39 Å². The maximum atomic E-state index is 12.6. The topological polar surface area (TPSA) is 46.2 Å². The first kappa shape index (κ1) is 13.8. The van der Waals surface area contributed by atoms with Gasteiger partial charge in [-0.1, -0.05) is 19.1 Å². The second kappa shape index (κ2) is 7.17. The first-order valence-electron chi connectivity index (χ1n) is 5.48. The van der Waals surface area contributed by atoms with Crippen molar-refractivity contribution in [1.82, 2.24) is 5.32 Å². The molecular formula is C12H16FNO2S. The van der Waals surface area contributed by atoms with Gasteiger partial charge in [0.25, 0.3) is 0 Å². The molecule has 0 heterocycles. The number of nitrogens with one attached hydrogen (secondary N) is 1. The van der Waals surface area contributed by atoms with E-state index >= 15 is 0 Å². The highest BCUT2D eigenvalue weighted by atomic mass is 32.2. The summed E-state index contributed by atoms with van der Waals surface area (Å²) in [4.78, 5) is 11.3. The van der Waals surface area contributed by atoms with Crippen LogP contribution in [0.3, 0.4) is 0 Å². The van der Waals surface area contributed by atoms with E-state index in [1.54, 1.807) is 12.1 Å². The lowest BCUT2D eigenvalue weighted by Crippen LogP contribution is -2.29. The lowest BCUT2D eigenvalue weighted by atomic mass is 10.2. The van der Waals surface area contributed by atoms with Crippen molar-refractivity contribution in [2.24, 2.45) is 0 Å². The van der Waals surface area contributed by atoms with Gasteiger partial charge in [0.15, 0.2) is 0 Å². The molecule has 0 aliphatic carbocycles. The minimum atomic E-state index is -1.25. The van der Waals surface area contributed by atoms with Gasteiger partial charge < -0.3 is 5.32 Å². The van der Waals surface area contributed by atoms with Crippen molar-refractivity contribution in [2.45, 2.75) is 19.1 Å². The number of hydrogen-bond acceptors (Lipinski definition) is 2. The number of amides is 1. The van der Waals surface area contributed by atoms with E-state index < -0.39 is 10.8 Å². The van der Waals surface area contributed by atoms with Gasteiger partial charge in [0.05, 0.1) is 0 Å². The molecule has 1 N–H and O–H groups in total. The Kier molecular flexibility index (Phi) is 5.83. The summed E-state index contributed by atoms with van der Waals surface area (Å²) in [7, 11) is -1.25. The predicted molar refractivity (Wildman–Crippen MR) is 66.4 cm³/mol. The fraction of sp³-hybridized carbons (Fsp3) is 0.417. The lowest BCUT2D eigenvalue weighted by molar-refractivity contribution is -0.118. The molecule has 0 aromatic heterocycles. The van der Waals surface area contributed by atoms with Crippen molar-refractivity contribution in [2.75, 3.05) is 12.3 Å². The van der Waals surface area contributed by atoms with Crippen molar-refractivity contribution >= 4 is 16.7 Å². The Morgan fingerprint density at radius 2 is 2.00 bits per heavy atom. The van der Waals surface area contributed by atoms with Crippen molar-refractivity contribution in [3.63, 3.8) is 0 Å². The molecule has 0 saturated heterocycles. The highest BCUT2D eigenvalue weighted by molar-refractivity contribution is 7.84. The molecular weight excluding hydrogens is 241 g/mol. The zero-order valence-corrected chi connectivity index (χ0v) is 10.6. The Morgan fingerprint density at radius 3 is 2.59 bits per heavy atom. The van der Waals surface area contributed by atoms with Crippen LogP contribution in [0.4, 0.5) is 4.39 Å². The van der Waals surface area contributed by atoms with Crippen LogP contribution in [0.2, 0.25) is 0 Å². The zero-order chi connectivity index (χ0) is 12.7. The third kappa shape index (κ3) is 5.58. The van der Waals surface area contributed by atoms with Gasteiger partial charge in [-0.05, 0) is 24.1 Å². The van der Waals surface area contributed by atoms with Gasteiger partial charge in [-0.2, -0.15) is 0 Å². The average Bonchev–Trinajstić information content (AvgIpc) is 2.29. The molecule has 1 amide bonds. The standard InChI is InChI=1S/C12H16FNO2S/c1-2-7-14-12(15)9-17(16)8-10-3-5-11(13)6-4-10/h3-6H,2,7-9H2,1H3,(H,14,15)/t17-/m0/s1. The summed E-state index contributed by atoms with van der Waals surface area (Å²) >= 11 is 0. The molecule has 5 heteroatoms. The van der Waals surface area contributed by atoms with E-state index in [0.29, 0.717) is 6.54 Å². The van der Waals surface area contributed by atoms with Crippen LogP contribution in [-0.2, 0) is 21.3 Å². The second-order valence-corrected chi connectivity index (χ2v) is 5.16. The minimum Gasteiger partial charge on any atom is -0.355 e. The molecule has 0 aliphatic rings. The Balaban J connectivity index is 2.39. The highest BCUT2D eigenvalue weighted by Gasteiger charge is 2.08. The van der Waals surface area contributed by atoms with Crippen LogP contribution in [0.15, 0.2) is 24.3 Å². The molecule has 0 radical (unpaired) electrons. The molecule has 0 fully saturated rings. The van der Waals surface area contributed by atoms with Crippen LogP contribution in [0, 0.1) is 5.82 Å². The van der Waals surface area contributed by atoms with Gasteiger partial charge in [0.1, 0.15) is 11.6 Å². The molecule has 1 aromatic carbocycles. The van der Waals surface area contributed by atoms with Crippen LogP contribution < -0.4 is 5.32 Å². The maximum absolute atomic E-state index is 12.6. The van der Waals surface area contributed by atoms with Crippen molar-refractivity contribution in [1.29, 1.82) is 0 Å². The van der Waals surface area contributed by atoms with Crippen LogP contribution in [-0.4, -0.2) is 22.4 Å². The summed E-state index contributed by atoms with van der Waals surface area (Å²) in [6.45, 7) is 2.56. The summed E-state index contributed by atoms with van der Waals surface area (Å²) in [5.74, 6) is -0.246.